The van der Waals surface area contributed by atoms with E-state index in [1.165, 1.54) is 12.0 Å². The molecule has 1 aromatic rings. The molecule has 0 atom stereocenters. The Labute approximate surface area is 127 Å². The van der Waals surface area contributed by atoms with Crippen molar-refractivity contribution < 1.29 is 4.39 Å². The average molecular weight is 291 g/mol. The lowest BCUT2D eigenvalue weighted by Gasteiger charge is -2.43. The van der Waals surface area contributed by atoms with Crippen LogP contribution in [0.2, 0.25) is 0 Å². The smallest absolute Gasteiger partial charge is 0.191 e. The highest BCUT2D eigenvalue weighted by Gasteiger charge is 2.38. The number of nitrogens with zero attached hydrogens (tertiary/aromatic N) is 1. The number of rotatable bonds is 5. The molecule has 0 saturated heterocycles. The van der Waals surface area contributed by atoms with E-state index in [2.05, 4.69) is 29.5 Å². The minimum atomic E-state index is -0.171. The van der Waals surface area contributed by atoms with Crippen molar-refractivity contribution in [2.45, 2.75) is 38.5 Å². The lowest BCUT2D eigenvalue weighted by atomic mass is 9.64. The van der Waals surface area contributed by atoms with Crippen LogP contribution in [0.3, 0.4) is 0 Å². The first-order valence-corrected chi connectivity index (χ1v) is 7.76. The summed E-state index contributed by atoms with van der Waals surface area (Å²) in [5, 5.41) is 6.75. The minimum Gasteiger partial charge on any atom is -0.356 e. The Balaban J connectivity index is 1.97. The van der Waals surface area contributed by atoms with Gasteiger partial charge in [0.2, 0.25) is 0 Å². The SMILES string of the molecule is CN=C(NCC(C)C)NCC1(c2ccc(F)cc2)CCC1. The van der Waals surface area contributed by atoms with Crippen LogP contribution in [0, 0.1) is 11.7 Å². The van der Waals surface area contributed by atoms with E-state index in [0.29, 0.717) is 5.92 Å². The highest BCUT2D eigenvalue weighted by atomic mass is 19.1. The van der Waals surface area contributed by atoms with E-state index in [-0.39, 0.29) is 11.2 Å². The van der Waals surface area contributed by atoms with Gasteiger partial charge in [0.15, 0.2) is 5.96 Å². The molecule has 116 valence electrons. The van der Waals surface area contributed by atoms with Gasteiger partial charge < -0.3 is 10.6 Å². The van der Waals surface area contributed by atoms with E-state index in [4.69, 9.17) is 0 Å². The van der Waals surface area contributed by atoms with Gasteiger partial charge in [0.1, 0.15) is 5.82 Å². The fourth-order valence-electron chi connectivity index (χ4n) is 2.75. The van der Waals surface area contributed by atoms with Crippen LogP contribution in [0.1, 0.15) is 38.7 Å². The zero-order chi connectivity index (χ0) is 15.3. The first-order valence-electron chi connectivity index (χ1n) is 7.76. The summed E-state index contributed by atoms with van der Waals surface area (Å²) in [7, 11) is 1.79. The monoisotopic (exact) mass is 291 g/mol. The number of nitrogens with one attached hydrogen (secondary N) is 2. The molecule has 0 amide bonds. The molecule has 0 unspecified atom stereocenters. The Kier molecular flexibility index (Phi) is 5.21. The topological polar surface area (TPSA) is 36.4 Å². The van der Waals surface area contributed by atoms with Crippen LogP contribution >= 0.6 is 0 Å². The van der Waals surface area contributed by atoms with E-state index in [0.717, 1.165) is 31.9 Å². The molecule has 1 aliphatic carbocycles. The van der Waals surface area contributed by atoms with Crippen LogP contribution in [-0.2, 0) is 5.41 Å². The fourth-order valence-corrected chi connectivity index (χ4v) is 2.75. The summed E-state index contributed by atoms with van der Waals surface area (Å²) in [5.41, 5.74) is 1.35. The number of aliphatic imine (C=N–C) groups is 1. The second-order valence-corrected chi connectivity index (χ2v) is 6.34. The molecule has 0 heterocycles. The molecule has 21 heavy (non-hydrogen) atoms. The van der Waals surface area contributed by atoms with Gasteiger partial charge in [0, 0.05) is 25.6 Å². The van der Waals surface area contributed by atoms with Crippen molar-refractivity contribution in [3.05, 3.63) is 35.6 Å². The van der Waals surface area contributed by atoms with E-state index in [1.54, 1.807) is 19.2 Å². The van der Waals surface area contributed by atoms with Gasteiger partial charge in [-0.05, 0) is 36.5 Å². The molecule has 0 radical (unpaired) electrons. The molecule has 1 saturated carbocycles. The van der Waals surface area contributed by atoms with Crippen LogP contribution in [-0.4, -0.2) is 26.1 Å². The molecule has 0 bridgehead atoms. The zero-order valence-corrected chi connectivity index (χ0v) is 13.2. The highest BCUT2D eigenvalue weighted by molar-refractivity contribution is 5.79. The molecule has 1 aliphatic rings. The van der Waals surface area contributed by atoms with Gasteiger partial charge >= 0.3 is 0 Å². The summed E-state index contributed by atoms with van der Waals surface area (Å²) in [6.07, 6.45) is 3.52. The number of halogens is 1. The van der Waals surface area contributed by atoms with Crippen molar-refractivity contribution in [3.8, 4) is 0 Å². The third-order valence-corrected chi connectivity index (χ3v) is 4.26. The lowest BCUT2D eigenvalue weighted by molar-refractivity contribution is 0.243. The van der Waals surface area contributed by atoms with E-state index in [1.807, 2.05) is 12.1 Å². The summed E-state index contributed by atoms with van der Waals surface area (Å²) in [4.78, 5) is 4.26. The Bertz CT molecular complexity index is 475. The van der Waals surface area contributed by atoms with Crippen molar-refractivity contribution in [3.63, 3.8) is 0 Å². The molecule has 2 rings (SSSR count). The molecule has 0 spiro atoms. The van der Waals surface area contributed by atoms with Crippen molar-refractivity contribution in [2.75, 3.05) is 20.1 Å². The molecule has 0 aliphatic heterocycles. The highest BCUT2D eigenvalue weighted by Crippen LogP contribution is 2.43. The summed E-state index contributed by atoms with van der Waals surface area (Å²) in [6, 6.07) is 6.95. The van der Waals surface area contributed by atoms with Gasteiger partial charge in [-0.2, -0.15) is 0 Å². The molecular formula is C17H26FN3. The summed E-state index contributed by atoms with van der Waals surface area (Å²) in [5.74, 6) is 1.26. The predicted molar refractivity (Wildman–Crippen MR) is 86.1 cm³/mol. The molecule has 0 aromatic heterocycles. The largest absolute Gasteiger partial charge is 0.356 e. The van der Waals surface area contributed by atoms with Crippen LogP contribution < -0.4 is 10.6 Å². The number of hydrogen-bond donors (Lipinski definition) is 2. The van der Waals surface area contributed by atoms with Crippen molar-refractivity contribution in [1.82, 2.24) is 10.6 Å². The average Bonchev–Trinajstić information content (AvgIpc) is 2.42. The second kappa shape index (κ2) is 6.92. The maximum Gasteiger partial charge on any atom is 0.191 e. The maximum atomic E-state index is 13.1. The van der Waals surface area contributed by atoms with E-state index >= 15 is 0 Å². The predicted octanol–water partition coefficient (Wildman–Crippen LogP) is 3.07. The maximum absolute atomic E-state index is 13.1. The van der Waals surface area contributed by atoms with E-state index in [9.17, 15) is 4.39 Å². The Morgan fingerprint density at radius 2 is 1.90 bits per heavy atom. The van der Waals surface area contributed by atoms with Gasteiger partial charge in [0.05, 0.1) is 0 Å². The Morgan fingerprint density at radius 1 is 1.24 bits per heavy atom. The van der Waals surface area contributed by atoms with Crippen molar-refractivity contribution in [2.24, 2.45) is 10.9 Å². The third kappa shape index (κ3) is 3.96. The van der Waals surface area contributed by atoms with Gasteiger partial charge in [-0.1, -0.05) is 32.4 Å². The minimum absolute atomic E-state index is 0.128. The lowest BCUT2D eigenvalue weighted by Crippen LogP contribution is -2.49. The summed E-state index contributed by atoms with van der Waals surface area (Å²) < 4.78 is 13.1. The summed E-state index contributed by atoms with van der Waals surface area (Å²) >= 11 is 0. The summed E-state index contributed by atoms with van der Waals surface area (Å²) in [6.45, 7) is 6.10. The Hall–Kier alpha value is -1.58. The van der Waals surface area contributed by atoms with Crippen molar-refractivity contribution >= 4 is 5.96 Å². The van der Waals surface area contributed by atoms with Crippen LogP contribution in [0.4, 0.5) is 4.39 Å². The second-order valence-electron chi connectivity index (χ2n) is 6.34. The van der Waals surface area contributed by atoms with Crippen LogP contribution in [0.15, 0.2) is 29.3 Å². The van der Waals surface area contributed by atoms with Crippen LogP contribution in [0.25, 0.3) is 0 Å². The molecule has 3 nitrogen and oxygen atoms in total. The van der Waals surface area contributed by atoms with Crippen molar-refractivity contribution in [1.29, 1.82) is 0 Å². The number of guanidine groups is 1. The number of benzene rings is 1. The third-order valence-electron chi connectivity index (χ3n) is 4.26. The zero-order valence-electron chi connectivity index (χ0n) is 13.2. The molecule has 2 N–H and O–H groups in total. The first kappa shape index (κ1) is 15.8. The quantitative estimate of drug-likeness (QED) is 0.646. The number of hydrogen-bond acceptors (Lipinski definition) is 1. The van der Waals surface area contributed by atoms with Gasteiger partial charge in [-0.3, -0.25) is 4.99 Å². The van der Waals surface area contributed by atoms with Crippen LogP contribution in [0.5, 0.6) is 0 Å². The van der Waals surface area contributed by atoms with Gasteiger partial charge in [-0.25, -0.2) is 4.39 Å². The standard InChI is InChI=1S/C17H26FN3/c1-13(2)11-20-16(19-3)21-12-17(9-4-10-17)14-5-7-15(18)8-6-14/h5-8,13H,4,9-12H2,1-3H3,(H2,19,20,21). The molecular weight excluding hydrogens is 265 g/mol. The normalized spacial score (nSPS) is 17.5. The Morgan fingerprint density at radius 3 is 2.38 bits per heavy atom. The van der Waals surface area contributed by atoms with E-state index < -0.39 is 0 Å². The molecule has 4 heteroatoms. The van der Waals surface area contributed by atoms with Gasteiger partial charge in [0.25, 0.3) is 0 Å². The first-order chi connectivity index (χ1) is 10.1. The van der Waals surface area contributed by atoms with Gasteiger partial charge in [-0.15, -0.1) is 0 Å². The fraction of sp³-hybridized carbons (Fsp3) is 0.588. The molecule has 1 aromatic carbocycles. The molecule has 1 fully saturated rings.